The van der Waals surface area contributed by atoms with Gasteiger partial charge in [-0.3, -0.25) is 0 Å². The summed E-state index contributed by atoms with van der Waals surface area (Å²) < 4.78 is 246. The summed E-state index contributed by atoms with van der Waals surface area (Å²) in [6.07, 6.45) is 9.23. The Labute approximate surface area is 797 Å². The van der Waals surface area contributed by atoms with Crippen LogP contribution in [0, 0.1) is 0 Å². The maximum absolute atomic E-state index is 12.3. The number of aliphatic hydroxyl groups is 2. The standard InChI is InChI=1S/C44H106O19Si8.C26H70O25Si8/c1-44(45,28-20-30-64(32-22-38-66(46-2,47-3)48-4,33-23-39-67(49-5,50-6)51-7)34-24-40-68(52-8,53-9)54-10)29-21-31-65(35-25-41-69(55-11,56-12)57-13,36-26-42-70(58-14,59-15)60-16)37-27-43-71(61-17,62-18)63-19;1-26(27,22-20-24-52(46-54(28-2,29-3)30-4,47-55(31-5,32-6)33-7)48-56(34-8,35-9)36-10)23-21-25-53(49-57(37-11,38-12)39-13,50-58(40-14,41-15)42-16)51-59(43-17,44-18)45-19/h45H,20-43H2,1-19H3;27H,20-25H2,1-19H3. The fourth-order valence-electron chi connectivity index (χ4n) is 16.1. The van der Waals surface area contributed by atoms with Gasteiger partial charge in [-0.15, -0.1) is 0 Å². The van der Waals surface area contributed by atoms with Crippen molar-refractivity contribution in [2.45, 2.75) is 212 Å². The first-order valence-corrected chi connectivity index (χ1v) is 73.9. The Kier molecular flexibility index (Phi) is 68.5. The molecule has 0 aliphatic rings. The zero-order chi connectivity index (χ0) is 99.9. The van der Waals surface area contributed by atoms with Gasteiger partial charge >= 0.3 is 125 Å². The van der Waals surface area contributed by atoms with Crippen molar-refractivity contribution in [3.8, 4) is 0 Å². The largest absolute Gasteiger partial charge is 0.671 e. The number of hydrogen-bond donors (Lipinski definition) is 2. The van der Waals surface area contributed by atoms with E-state index in [1.165, 1.54) is 128 Å². The monoisotopic (exact) mass is 2170 g/mol. The summed E-state index contributed by atoms with van der Waals surface area (Å²) in [7, 11) is 0.243. The smallest absolute Gasteiger partial charge is 0.390 e. The molecule has 0 aromatic rings. The third-order valence-electron chi connectivity index (χ3n) is 24.2. The van der Waals surface area contributed by atoms with Crippen LogP contribution in [0.2, 0.25) is 96.7 Å². The first-order valence-electron chi connectivity index (χ1n) is 43.0. The van der Waals surface area contributed by atoms with Gasteiger partial charge < -0.3 is 194 Å². The second kappa shape index (κ2) is 66.6. The van der Waals surface area contributed by atoms with Crippen LogP contribution in [0.15, 0.2) is 0 Å². The van der Waals surface area contributed by atoms with Crippen molar-refractivity contribution in [3.05, 3.63) is 0 Å². The molecule has 784 valence electrons. The third-order valence-corrected chi connectivity index (χ3v) is 76.9. The molecule has 0 heterocycles. The van der Waals surface area contributed by atoms with E-state index in [4.69, 9.17) is 184 Å². The van der Waals surface area contributed by atoms with E-state index in [-0.39, 0.29) is 37.8 Å². The van der Waals surface area contributed by atoms with Crippen LogP contribution in [0.4, 0.5) is 0 Å². The lowest BCUT2D eigenvalue weighted by atomic mass is 9.95. The fourth-order valence-corrected chi connectivity index (χ4v) is 64.0. The molecule has 0 unspecified atom stereocenters. The molecule has 0 aromatic carbocycles. The molecule has 0 aliphatic heterocycles. The Bertz CT molecular complexity index is 2270. The van der Waals surface area contributed by atoms with E-state index in [2.05, 4.69) is 0 Å². The van der Waals surface area contributed by atoms with E-state index < -0.39 is 152 Å². The molecule has 0 fully saturated rings. The first-order chi connectivity index (χ1) is 61.5. The maximum Gasteiger partial charge on any atom is 0.671 e. The van der Waals surface area contributed by atoms with Crippen molar-refractivity contribution in [1.82, 2.24) is 0 Å². The summed E-state index contributed by atoms with van der Waals surface area (Å²) in [5, 5.41) is 24.3. The van der Waals surface area contributed by atoms with Crippen molar-refractivity contribution < 1.29 is 194 Å². The SMILES string of the molecule is CO[Si](CCC[Si](CCCC(C)(O)CCC[Si](CCC[Si](OC)(OC)OC)(CCC[Si](OC)(OC)OC)CCC[Si](OC)(OC)OC)(CCC[Si](OC)(OC)OC)CCC[Si](OC)(OC)OC)(OC)OC.CO[Si](OC)(OC)O[Si](CCCC(C)(O)CCC[Si](O[Si](OC)(OC)OC)(O[Si](OC)(OC)OC)O[Si](OC)(OC)OC)(O[Si](OC)(OC)OC)O[Si](OC)(OC)OC. The zero-order valence-electron chi connectivity index (χ0n) is 86.3. The Hall–Kier alpha value is 1.71. The Morgan fingerprint density at radius 1 is 0.138 bits per heavy atom. The Morgan fingerprint density at radius 3 is 0.346 bits per heavy atom. The molecule has 0 aliphatic carbocycles. The van der Waals surface area contributed by atoms with Crippen molar-refractivity contribution in [2.24, 2.45) is 0 Å². The van der Waals surface area contributed by atoms with Crippen molar-refractivity contribution in [1.29, 1.82) is 0 Å². The molecular formula is C70H176O44Si16. The highest BCUT2D eigenvalue weighted by atomic mass is 28.5. The average Bonchev–Trinajstić information content (AvgIpc) is 0.775. The lowest BCUT2D eigenvalue weighted by molar-refractivity contribution is -0.0286. The van der Waals surface area contributed by atoms with Crippen LogP contribution in [0.3, 0.4) is 0 Å². The second-order valence-electron chi connectivity index (χ2n) is 31.0. The molecular weight excluding hydrogens is 1990 g/mol. The topological polar surface area (TPSA) is 428 Å². The molecule has 0 saturated carbocycles. The van der Waals surface area contributed by atoms with E-state index in [0.717, 1.165) is 136 Å². The summed E-state index contributed by atoms with van der Waals surface area (Å²) in [6.45, 7) is 3.66. The molecule has 44 nitrogen and oxygen atoms in total. The summed E-state index contributed by atoms with van der Waals surface area (Å²) in [6, 6.07) is 12.6. The first kappa shape index (κ1) is 134. The van der Waals surface area contributed by atoms with Crippen molar-refractivity contribution in [2.75, 3.05) is 256 Å². The van der Waals surface area contributed by atoms with E-state index in [1.807, 2.05) is 6.92 Å². The zero-order valence-corrected chi connectivity index (χ0v) is 102. The van der Waals surface area contributed by atoms with Crippen molar-refractivity contribution in [3.63, 3.8) is 0 Å². The lowest BCUT2D eigenvalue weighted by Gasteiger charge is -2.42. The van der Waals surface area contributed by atoms with Gasteiger partial charge in [0.05, 0.1) is 27.3 Å². The second-order valence-corrected chi connectivity index (χ2v) is 81.5. The van der Waals surface area contributed by atoms with Crippen LogP contribution in [0.1, 0.15) is 104 Å². The minimum absolute atomic E-state index is 0.0609. The molecule has 130 heavy (non-hydrogen) atoms. The normalized spacial score (nSPS) is 14.2. The van der Waals surface area contributed by atoms with E-state index in [1.54, 1.807) is 135 Å². The summed E-state index contributed by atoms with van der Waals surface area (Å²) in [5.74, 6) is 0. The average molecular weight is 2170 g/mol. The number of hydrogen-bond acceptors (Lipinski definition) is 44. The highest BCUT2D eigenvalue weighted by Crippen LogP contribution is 2.43. The molecule has 2 N–H and O–H groups in total. The van der Waals surface area contributed by atoms with Gasteiger partial charge in [0.25, 0.3) is 0 Å². The van der Waals surface area contributed by atoms with E-state index in [0.29, 0.717) is 12.8 Å². The number of rotatable bonds is 88. The Morgan fingerprint density at radius 2 is 0.238 bits per heavy atom. The molecule has 0 amide bonds. The van der Waals surface area contributed by atoms with Gasteiger partial charge in [-0.05, 0) is 52.4 Å². The van der Waals surface area contributed by atoms with Crippen LogP contribution in [0.25, 0.3) is 0 Å². The maximum atomic E-state index is 12.3. The van der Waals surface area contributed by atoms with Crippen LogP contribution in [-0.4, -0.2) is 418 Å². The van der Waals surface area contributed by atoms with Crippen LogP contribution >= 0.6 is 0 Å². The highest BCUT2D eigenvalue weighted by Gasteiger charge is 2.68. The molecule has 0 bridgehead atoms. The van der Waals surface area contributed by atoms with Gasteiger partial charge in [0.15, 0.2) is 0 Å². The Balaban J connectivity index is 0. The summed E-state index contributed by atoms with van der Waals surface area (Å²) >= 11 is 0. The van der Waals surface area contributed by atoms with Gasteiger partial charge in [0.1, 0.15) is 0 Å². The molecule has 0 saturated heterocycles. The summed E-state index contributed by atoms with van der Waals surface area (Å²) in [5.41, 5.74) is -2.26. The molecule has 0 atom stereocenters. The van der Waals surface area contributed by atoms with Crippen molar-refractivity contribution >= 4 is 141 Å². The predicted molar refractivity (Wildman–Crippen MR) is 514 cm³/mol. The van der Waals surface area contributed by atoms with E-state index in [9.17, 15) is 10.2 Å². The minimum atomic E-state index is -4.39. The van der Waals surface area contributed by atoms with Gasteiger partial charge in [0, 0.05) is 304 Å². The van der Waals surface area contributed by atoms with Gasteiger partial charge in [-0.25, -0.2) is 0 Å². The molecule has 0 radical (unpaired) electrons. The molecule has 0 rings (SSSR count). The lowest BCUT2D eigenvalue weighted by Crippen LogP contribution is -2.69. The molecule has 0 spiro atoms. The quantitative estimate of drug-likeness (QED) is 0.0535. The van der Waals surface area contributed by atoms with Gasteiger partial charge in [-0.1, -0.05) is 99.7 Å². The fraction of sp³-hybridized carbons (Fsp3) is 1.00. The molecule has 60 heteroatoms. The van der Waals surface area contributed by atoms with Gasteiger partial charge in [0.2, 0.25) is 0 Å². The van der Waals surface area contributed by atoms with Crippen LogP contribution in [0.5, 0.6) is 0 Å². The van der Waals surface area contributed by atoms with Crippen LogP contribution in [-0.2, 0) is 184 Å². The molecule has 0 aromatic heterocycles. The third kappa shape index (κ3) is 42.2. The highest BCUT2D eigenvalue weighted by molar-refractivity contribution is 6.84. The van der Waals surface area contributed by atoms with Gasteiger partial charge in [-0.2, -0.15) is 0 Å². The summed E-state index contributed by atoms with van der Waals surface area (Å²) in [4.78, 5) is 0. The predicted octanol–water partition coefficient (Wildman–Crippen LogP) is 9.33. The minimum Gasteiger partial charge on any atom is -0.390 e. The van der Waals surface area contributed by atoms with E-state index >= 15 is 0 Å². The van der Waals surface area contributed by atoms with Crippen LogP contribution < -0.4 is 0 Å².